The summed E-state index contributed by atoms with van der Waals surface area (Å²) in [7, 11) is 0. The number of ketones is 1. The Morgan fingerprint density at radius 3 is 2.30 bits per heavy atom. The average Bonchev–Trinajstić information content (AvgIpc) is 3.40. The Morgan fingerprint density at radius 1 is 0.967 bits per heavy atom. The number of benzene rings is 2. The van der Waals surface area contributed by atoms with Crippen molar-refractivity contribution in [3.05, 3.63) is 65.2 Å². The maximum Gasteiger partial charge on any atom is 0.239 e. The lowest BCUT2D eigenvalue weighted by molar-refractivity contribution is -0.123. The van der Waals surface area contributed by atoms with Crippen molar-refractivity contribution in [1.29, 1.82) is 0 Å². The molecular weight excluding hydrogens is 376 g/mol. The van der Waals surface area contributed by atoms with Crippen LogP contribution in [-0.4, -0.2) is 41.1 Å². The van der Waals surface area contributed by atoms with Crippen LogP contribution in [0.1, 0.15) is 41.3 Å². The van der Waals surface area contributed by atoms with Crippen LogP contribution in [0.15, 0.2) is 48.5 Å². The molecule has 5 heteroatoms. The van der Waals surface area contributed by atoms with Gasteiger partial charge in [0, 0.05) is 11.6 Å². The van der Waals surface area contributed by atoms with Gasteiger partial charge in [0.25, 0.3) is 0 Å². The Kier molecular flexibility index (Phi) is 4.58. The number of hydrogen-bond donors (Lipinski definition) is 0. The molecular formula is C25H26N2O3. The van der Waals surface area contributed by atoms with Gasteiger partial charge < -0.3 is 0 Å². The lowest BCUT2D eigenvalue weighted by Crippen LogP contribution is -2.46. The fourth-order valence-electron chi connectivity index (χ4n) is 5.54. The molecule has 3 aliphatic heterocycles. The second-order valence-corrected chi connectivity index (χ2v) is 8.71. The highest BCUT2D eigenvalue weighted by molar-refractivity contribution is 6.24. The van der Waals surface area contributed by atoms with E-state index in [0.717, 1.165) is 36.9 Å². The minimum Gasteiger partial charge on any atom is -0.292 e. The number of anilines is 1. The quantitative estimate of drug-likeness (QED) is 0.581. The molecule has 3 fully saturated rings. The van der Waals surface area contributed by atoms with E-state index in [1.807, 2.05) is 55.5 Å². The van der Waals surface area contributed by atoms with Crippen molar-refractivity contribution in [3.8, 4) is 0 Å². The van der Waals surface area contributed by atoms with Gasteiger partial charge in [-0.2, -0.15) is 0 Å². The van der Waals surface area contributed by atoms with Gasteiger partial charge in [0.15, 0.2) is 5.78 Å². The Morgan fingerprint density at radius 2 is 1.63 bits per heavy atom. The van der Waals surface area contributed by atoms with E-state index in [0.29, 0.717) is 11.3 Å². The van der Waals surface area contributed by atoms with Gasteiger partial charge in [0.1, 0.15) is 0 Å². The molecule has 0 unspecified atom stereocenters. The number of imide groups is 1. The van der Waals surface area contributed by atoms with E-state index in [4.69, 9.17) is 0 Å². The van der Waals surface area contributed by atoms with Gasteiger partial charge in [-0.15, -0.1) is 0 Å². The van der Waals surface area contributed by atoms with Crippen LogP contribution in [0.5, 0.6) is 0 Å². The number of carbonyl (C=O) groups is 3. The molecule has 30 heavy (non-hydrogen) atoms. The first-order chi connectivity index (χ1) is 14.5. The molecule has 2 aromatic rings. The molecule has 0 aliphatic carbocycles. The minimum atomic E-state index is -0.595. The zero-order valence-corrected chi connectivity index (χ0v) is 17.4. The molecule has 2 aromatic carbocycles. The highest BCUT2D eigenvalue weighted by Gasteiger charge is 2.64. The average molecular weight is 402 g/mol. The Bertz CT molecular complexity index is 1010. The van der Waals surface area contributed by atoms with E-state index in [2.05, 4.69) is 11.8 Å². The van der Waals surface area contributed by atoms with E-state index in [1.165, 1.54) is 4.90 Å². The van der Waals surface area contributed by atoms with Gasteiger partial charge in [0.05, 0.1) is 23.6 Å². The lowest BCUT2D eigenvalue weighted by Gasteiger charge is -2.27. The summed E-state index contributed by atoms with van der Waals surface area (Å²) in [6.07, 6.45) is 2.72. The Labute approximate surface area is 176 Å². The van der Waals surface area contributed by atoms with Crippen LogP contribution in [0.2, 0.25) is 0 Å². The predicted octanol–water partition coefficient (Wildman–Crippen LogP) is 3.39. The molecule has 5 nitrogen and oxygen atoms in total. The van der Waals surface area contributed by atoms with Gasteiger partial charge in [-0.1, -0.05) is 48.9 Å². The first-order valence-electron chi connectivity index (χ1n) is 10.8. The third kappa shape index (κ3) is 2.76. The van der Waals surface area contributed by atoms with E-state index in [1.54, 1.807) is 0 Å². The standard InChI is InChI=1S/C25H26N2O3/c1-3-16-8-12-18(13-9-16)27-24(29)20-19-5-4-14-26(19)22(21(20)25(27)30)23(28)17-10-6-15(2)7-11-17/h6-13,19-22H,3-5,14H2,1-2H3/t19-,20-,21-,22-/m0/s1. The van der Waals surface area contributed by atoms with Crippen molar-refractivity contribution in [1.82, 2.24) is 4.90 Å². The number of carbonyl (C=O) groups excluding carboxylic acids is 3. The zero-order chi connectivity index (χ0) is 21.0. The van der Waals surface area contributed by atoms with Crippen LogP contribution in [-0.2, 0) is 16.0 Å². The summed E-state index contributed by atoms with van der Waals surface area (Å²) in [4.78, 5) is 43.9. The van der Waals surface area contributed by atoms with E-state index < -0.39 is 17.9 Å². The van der Waals surface area contributed by atoms with E-state index in [9.17, 15) is 14.4 Å². The van der Waals surface area contributed by atoms with Crippen molar-refractivity contribution in [2.45, 2.75) is 45.2 Å². The molecule has 0 bridgehead atoms. The first-order valence-corrected chi connectivity index (χ1v) is 10.8. The summed E-state index contributed by atoms with van der Waals surface area (Å²) < 4.78 is 0. The summed E-state index contributed by atoms with van der Waals surface area (Å²) >= 11 is 0. The maximum atomic E-state index is 13.5. The summed E-state index contributed by atoms with van der Waals surface area (Å²) in [6.45, 7) is 4.82. The fourth-order valence-corrected chi connectivity index (χ4v) is 5.54. The molecule has 154 valence electrons. The largest absolute Gasteiger partial charge is 0.292 e. The molecule has 0 radical (unpaired) electrons. The predicted molar refractivity (Wildman–Crippen MR) is 114 cm³/mol. The third-order valence-corrected chi connectivity index (χ3v) is 7.06. The Balaban J connectivity index is 1.52. The molecule has 4 atom stereocenters. The molecule has 3 heterocycles. The van der Waals surface area contributed by atoms with Crippen molar-refractivity contribution < 1.29 is 14.4 Å². The van der Waals surface area contributed by atoms with Crippen LogP contribution in [0.25, 0.3) is 0 Å². The van der Waals surface area contributed by atoms with Gasteiger partial charge in [0.2, 0.25) is 11.8 Å². The second kappa shape index (κ2) is 7.17. The van der Waals surface area contributed by atoms with Crippen LogP contribution >= 0.6 is 0 Å². The van der Waals surface area contributed by atoms with Gasteiger partial charge in [-0.3, -0.25) is 19.3 Å². The molecule has 0 saturated carbocycles. The monoisotopic (exact) mass is 402 g/mol. The molecule has 3 aliphatic rings. The highest BCUT2D eigenvalue weighted by atomic mass is 16.2. The molecule has 0 aromatic heterocycles. The van der Waals surface area contributed by atoms with Crippen molar-refractivity contribution in [2.75, 3.05) is 11.4 Å². The number of nitrogens with zero attached hydrogens (tertiary/aromatic N) is 2. The number of rotatable bonds is 4. The van der Waals surface area contributed by atoms with Crippen molar-refractivity contribution in [2.24, 2.45) is 11.8 Å². The van der Waals surface area contributed by atoms with Crippen LogP contribution in [0.3, 0.4) is 0 Å². The first kappa shape index (κ1) is 19.2. The van der Waals surface area contributed by atoms with Crippen LogP contribution < -0.4 is 4.90 Å². The second-order valence-electron chi connectivity index (χ2n) is 8.71. The third-order valence-electron chi connectivity index (χ3n) is 7.06. The summed E-state index contributed by atoms with van der Waals surface area (Å²) in [5.41, 5.74) is 3.47. The smallest absolute Gasteiger partial charge is 0.239 e. The van der Waals surface area contributed by atoms with Gasteiger partial charge in [-0.25, -0.2) is 4.90 Å². The number of aryl methyl sites for hydroxylation is 2. The zero-order valence-electron chi connectivity index (χ0n) is 17.4. The molecule has 0 N–H and O–H groups in total. The fraction of sp³-hybridized carbons (Fsp3) is 0.400. The molecule has 5 rings (SSSR count). The number of amides is 2. The van der Waals surface area contributed by atoms with Crippen LogP contribution in [0, 0.1) is 18.8 Å². The highest BCUT2D eigenvalue weighted by Crippen LogP contribution is 2.48. The summed E-state index contributed by atoms with van der Waals surface area (Å²) in [5.74, 6) is -1.44. The Hall–Kier alpha value is -2.79. The summed E-state index contributed by atoms with van der Waals surface area (Å²) in [6, 6.07) is 14.5. The molecule has 0 spiro atoms. The van der Waals surface area contributed by atoms with Gasteiger partial charge >= 0.3 is 0 Å². The maximum absolute atomic E-state index is 13.5. The number of Topliss-reactive ketones (excluding diaryl/α,β-unsaturated/α-hetero) is 1. The molecule has 3 saturated heterocycles. The van der Waals surface area contributed by atoms with Crippen molar-refractivity contribution in [3.63, 3.8) is 0 Å². The lowest BCUT2D eigenvalue weighted by atomic mass is 9.85. The van der Waals surface area contributed by atoms with E-state index in [-0.39, 0.29) is 23.6 Å². The topological polar surface area (TPSA) is 57.7 Å². The minimum absolute atomic E-state index is 0.0224. The van der Waals surface area contributed by atoms with Gasteiger partial charge in [-0.05, 0) is 50.4 Å². The SMILES string of the molecule is CCc1ccc(N2C(=O)[C@@H]3[C@H](C2=O)[C@@H](C(=O)c2ccc(C)cc2)N2CCC[C@@H]32)cc1. The van der Waals surface area contributed by atoms with E-state index >= 15 is 0 Å². The van der Waals surface area contributed by atoms with Crippen molar-refractivity contribution >= 4 is 23.3 Å². The normalized spacial score (nSPS) is 28.1. The summed E-state index contributed by atoms with van der Waals surface area (Å²) in [5, 5.41) is 0. The van der Waals surface area contributed by atoms with Crippen LogP contribution in [0.4, 0.5) is 5.69 Å². The number of fused-ring (bicyclic) bond motifs is 3. The molecule has 2 amide bonds. The number of hydrogen-bond acceptors (Lipinski definition) is 4.